The second-order valence-corrected chi connectivity index (χ2v) is 33.2. The number of hydrogen-bond donors (Lipinski definition) is 33. The van der Waals surface area contributed by atoms with E-state index in [2.05, 4.69) is 26.6 Å². The van der Waals surface area contributed by atoms with Gasteiger partial charge in [0.15, 0.2) is 56.6 Å². The molecule has 0 spiro atoms. The lowest BCUT2D eigenvalue weighted by Crippen LogP contribution is -2.71. The smallest absolute Gasteiger partial charge is 0.364 e. The lowest BCUT2D eigenvalue weighted by molar-refractivity contribution is -0.400. The molecule has 10 saturated heterocycles. The van der Waals surface area contributed by atoms with E-state index in [1.807, 2.05) is 0 Å². The van der Waals surface area contributed by atoms with E-state index in [9.17, 15) is 172 Å². The van der Waals surface area contributed by atoms with Gasteiger partial charge in [0.25, 0.3) is 5.79 Å². The molecule has 10 aliphatic heterocycles. The number of carboxylic acids is 1. The first kappa shape index (κ1) is 108. The summed E-state index contributed by atoms with van der Waals surface area (Å²) in [5, 5.41) is 327. The van der Waals surface area contributed by atoms with Crippen LogP contribution >= 0.6 is 0 Å². The number of carboxylic acid groups (broad SMARTS) is 1. The number of rotatable bonds is 35. The van der Waals surface area contributed by atoms with Gasteiger partial charge in [0.05, 0.1) is 77.7 Å². The second-order valence-electron chi connectivity index (χ2n) is 33.2. The first-order valence-electron chi connectivity index (χ1n) is 41.6. The maximum atomic E-state index is 13.5. The minimum Gasteiger partial charge on any atom is -0.477 e. The third kappa shape index (κ3) is 24.3. The molecule has 10 rings (SSSR count). The molecule has 0 radical (unpaired) electrons. The summed E-state index contributed by atoms with van der Waals surface area (Å²) in [4.78, 5) is 76.8. The third-order valence-corrected chi connectivity index (χ3v) is 23.8. The highest BCUT2D eigenvalue weighted by Crippen LogP contribution is 2.42. The van der Waals surface area contributed by atoms with E-state index in [-0.39, 0.29) is 0 Å². The normalized spacial score (nSPS) is 47.5. The Morgan fingerprint density at radius 1 is 0.328 bits per heavy atom. The van der Waals surface area contributed by atoms with Crippen LogP contribution in [0.2, 0.25) is 0 Å². The lowest BCUT2D eigenvalue weighted by atomic mass is 9.88. The maximum Gasteiger partial charge on any atom is 0.364 e. The molecule has 58 nitrogen and oxygen atoms in total. The van der Waals surface area contributed by atoms with Crippen LogP contribution in [0.5, 0.6) is 0 Å². The van der Waals surface area contributed by atoms with E-state index in [0.717, 1.165) is 34.6 Å². The van der Waals surface area contributed by atoms with Crippen molar-refractivity contribution in [1.29, 1.82) is 0 Å². The van der Waals surface area contributed by atoms with Crippen molar-refractivity contribution in [2.45, 2.75) is 360 Å². The molecule has 10 aliphatic rings. The van der Waals surface area contributed by atoms with E-state index in [1.165, 1.54) is 6.92 Å². The largest absolute Gasteiger partial charge is 0.477 e. The van der Waals surface area contributed by atoms with Crippen molar-refractivity contribution in [2.24, 2.45) is 0 Å². The van der Waals surface area contributed by atoms with Crippen molar-refractivity contribution in [3.05, 3.63) is 0 Å². The average Bonchev–Trinajstić information content (AvgIpc) is 0.764. The first-order chi connectivity index (χ1) is 61.7. The summed E-state index contributed by atoms with van der Waals surface area (Å²) in [5.41, 5.74) is 0. The summed E-state index contributed by atoms with van der Waals surface area (Å²) in [6.07, 6.45) is -99.1. The van der Waals surface area contributed by atoms with Crippen molar-refractivity contribution in [3.63, 3.8) is 0 Å². The number of aliphatic carboxylic acids is 1. The molecule has 131 heavy (non-hydrogen) atoms. The van der Waals surface area contributed by atoms with Crippen molar-refractivity contribution in [1.82, 2.24) is 26.6 Å². The SMILES string of the molecule is CC(=O)N[C@@H]1[C@@H](O)[C@H](O[C@@H]2O[C@H](CO)[C@@H](O[C@@H]3O[C@H](CO[C@H]4O[C@H](CO)[C@@H](O)[C@H](O)[C@@H]4O[C@@H]4O[C@H](CO)[C@@H](O)[C@H](O)[C@H]4NC(C)=O)[C@@H](O)[C@H](O[C@H]4O[C@H](CO)[C@@H](O)[C@H](O)[C@@H]4O[C@@H]4O[C@H](CO[C@@H]5O[C@@H](C)[C@@H](O)[C@@H](O)[C@@H]5O)[C@@H](O[C@@H]5O[C@H](CO[C@]6(C(=O)O)C[C@H](O)[C@@H](NC(C)=O)[C@H]([C@H](O)[C@H](O)CO)O6)[C@H](O)[C@H](O)[C@H]5O)[C@H](O)[C@H]4NC(C)=O)[C@@H]3O)[C@H](O)[C@H]2NC(C)=O)[C@@H](CO)O[C@H]1O. The van der Waals surface area contributed by atoms with Crippen LogP contribution in [0.15, 0.2) is 0 Å². The molecule has 0 aromatic carbocycles. The van der Waals surface area contributed by atoms with Gasteiger partial charge in [-0.3, -0.25) is 24.0 Å². The highest BCUT2D eigenvalue weighted by Gasteiger charge is 2.63. The van der Waals surface area contributed by atoms with Crippen molar-refractivity contribution >= 4 is 35.5 Å². The Labute approximate surface area is 741 Å². The molecule has 0 bridgehead atoms. The van der Waals surface area contributed by atoms with E-state index >= 15 is 0 Å². The molecule has 0 aliphatic carbocycles. The van der Waals surface area contributed by atoms with Crippen molar-refractivity contribution in [2.75, 3.05) is 59.5 Å². The molecular formula is C73H121N5O53. The van der Waals surface area contributed by atoms with Gasteiger partial charge in [-0.2, -0.15) is 0 Å². The van der Waals surface area contributed by atoms with Gasteiger partial charge in [0, 0.05) is 41.0 Å². The molecule has 0 unspecified atom stereocenters. The number of ether oxygens (including phenoxy) is 19. The predicted octanol–water partition coefficient (Wildman–Crippen LogP) is -21.9. The molecule has 0 aromatic heterocycles. The van der Waals surface area contributed by atoms with E-state index < -0.39 is 414 Å². The van der Waals surface area contributed by atoms with Crippen LogP contribution in [0, 0.1) is 0 Å². The van der Waals surface area contributed by atoms with Crippen LogP contribution in [0.25, 0.3) is 0 Å². The summed E-state index contributed by atoms with van der Waals surface area (Å²) >= 11 is 0. The van der Waals surface area contributed by atoms with Crippen LogP contribution in [0.4, 0.5) is 0 Å². The Morgan fingerprint density at radius 2 is 0.679 bits per heavy atom. The zero-order chi connectivity index (χ0) is 96.9. The summed E-state index contributed by atoms with van der Waals surface area (Å²) in [6, 6.07) is -9.36. The summed E-state index contributed by atoms with van der Waals surface area (Å²) < 4.78 is 113. The van der Waals surface area contributed by atoms with Gasteiger partial charge in [0.1, 0.15) is 232 Å². The van der Waals surface area contributed by atoms with E-state index in [4.69, 9.17) is 90.0 Å². The van der Waals surface area contributed by atoms with Gasteiger partial charge in [-0.05, 0) is 6.92 Å². The van der Waals surface area contributed by atoms with Crippen LogP contribution in [-0.4, -0.2) is 550 Å². The number of carbonyl (C=O) groups excluding carboxylic acids is 5. The topological polar surface area (TPSA) is 904 Å². The highest BCUT2D eigenvalue weighted by molar-refractivity contribution is 5.77. The first-order valence-corrected chi connectivity index (χ1v) is 41.6. The Kier molecular flexibility index (Phi) is 38.4. The number of nitrogens with one attached hydrogen (secondary N) is 5. The fourth-order valence-corrected chi connectivity index (χ4v) is 16.8. The standard InChI is InChI=1S/C73H121N5O53/c1-17-38(92)49(103)53(107)67(116-17)113-15-32-58(127-68-54(108)50(104)43(97)31(123-68)16-115-73(72(111)112)7-23(90)33(74-18(2)85)59(131-73)39(93)24(91)8-79)48(102)37(78-22(6)89)66(124-32)130-62-52(106)42(96)27(11-82)120-71(62)128-60-44(98)30(14-114-70-61(51(105)41(95)26(10-81)119-70)129-64-35(76-20(4)87)45(99)40(94)25(9-80)118-64)122-69(55(60)109)126-57-29(13-84)121-65(36(47(57)101)77-21(5)88)125-56-28(12-83)117-63(110)34(46(56)100)75-19(3)86/h17,23-71,79-84,90-110H,7-16H2,1-6H3,(H,74,85)(H,75,86)(H,76,87)(H,77,88)(H,78,89)(H,111,112)/t17-,23-,24+,25+,26+,27+,28+,29+,30+,31+,32+,33+,34+,35+,36+,37+,38+,39+,40+,41+,42+,43-,44+,45+,46+,47+,48+,49+,50-,51-,52-,53-,54+,55-,56+,57+,58+,59+,60-,61-,62-,63+,64-,65-,66-,67+,68-,69-,70-,71+,73+/m0/s1. The molecular weight excluding hydrogens is 1790 g/mol. The quantitative estimate of drug-likeness (QED) is 0.0280. The fraction of sp³-hybridized carbons (Fsp3) is 0.918. The molecule has 756 valence electrons. The Balaban J connectivity index is 1.000. The molecule has 10 heterocycles. The lowest BCUT2D eigenvalue weighted by Gasteiger charge is -2.51. The second kappa shape index (κ2) is 46.6. The molecule has 0 aromatic rings. The van der Waals surface area contributed by atoms with Gasteiger partial charge >= 0.3 is 5.97 Å². The monoisotopic (exact) mass is 1920 g/mol. The number of aliphatic hydroxyl groups excluding tert-OH is 27. The minimum absolute atomic E-state index is 0.811. The predicted molar refractivity (Wildman–Crippen MR) is 403 cm³/mol. The Bertz CT molecular complexity index is 3670. The molecule has 51 atom stereocenters. The molecule has 0 saturated carbocycles. The molecule has 10 fully saturated rings. The highest BCUT2D eigenvalue weighted by atomic mass is 16.8. The Morgan fingerprint density at radius 3 is 1.18 bits per heavy atom. The van der Waals surface area contributed by atoms with Gasteiger partial charge in [-0.1, -0.05) is 0 Å². The Hall–Kier alpha value is -5.02. The zero-order valence-corrected chi connectivity index (χ0v) is 70.7. The number of hydrogen-bond acceptors (Lipinski definition) is 52. The molecule has 33 N–H and O–H groups in total. The maximum absolute atomic E-state index is 13.5. The number of aliphatic hydroxyl groups is 27. The zero-order valence-electron chi connectivity index (χ0n) is 70.7. The van der Waals surface area contributed by atoms with Gasteiger partial charge in [-0.25, -0.2) is 4.79 Å². The molecule has 58 heteroatoms. The van der Waals surface area contributed by atoms with Gasteiger partial charge < -0.3 is 260 Å². The fourth-order valence-electron chi connectivity index (χ4n) is 16.8. The minimum atomic E-state index is -3.15. The summed E-state index contributed by atoms with van der Waals surface area (Å²) in [7, 11) is 0. The van der Waals surface area contributed by atoms with Crippen molar-refractivity contribution < 1.29 is 262 Å². The van der Waals surface area contributed by atoms with Crippen LogP contribution < -0.4 is 26.6 Å². The molecule has 5 amide bonds. The van der Waals surface area contributed by atoms with Gasteiger partial charge in [0.2, 0.25) is 29.5 Å². The number of amides is 5. The van der Waals surface area contributed by atoms with E-state index in [1.54, 1.807) is 0 Å². The van der Waals surface area contributed by atoms with Crippen LogP contribution in [-0.2, 0) is 119 Å². The van der Waals surface area contributed by atoms with Crippen molar-refractivity contribution in [3.8, 4) is 0 Å². The van der Waals surface area contributed by atoms with Gasteiger partial charge in [-0.15, -0.1) is 0 Å². The number of carbonyl (C=O) groups is 6. The van der Waals surface area contributed by atoms with Crippen LogP contribution in [0.3, 0.4) is 0 Å². The summed E-state index contributed by atoms with van der Waals surface area (Å²) in [6.45, 7) is -4.62. The third-order valence-electron chi connectivity index (χ3n) is 23.8. The summed E-state index contributed by atoms with van der Waals surface area (Å²) in [5.74, 6) is -9.87. The van der Waals surface area contributed by atoms with Crippen LogP contribution in [0.1, 0.15) is 48.0 Å². The van der Waals surface area contributed by atoms with E-state index in [0.29, 0.717) is 0 Å². The average molecular weight is 1920 g/mol.